The van der Waals surface area contributed by atoms with Crippen molar-refractivity contribution in [3.05, 3.63) is 23.8 Å². The average Bonchev–Trinajstić information content (AvgIpc) is 2.39. The summed E-state index contributed by atoms with van der Waals surface area (Å²) in [6.45, 7) is 15.2. The number of nitrogens with one attached hydrogen (secondary N) is 1. The third kappa shape index (κ3) is 5.96. The number of ether oxygens (including phenoxy) is 2. The van der Waals surface area contributed by atoms with Crippen molar-refractivity contribution in [1.82, 2.24) is 5.32 Å². The van der Waals surface area contributed by atoms with Crippen LogP contribution in [0.5, 0.6) is 11.5 Å². The number of hydrogen-bond acceptors (Lipinski definition) is 3. The molecule has 21 heavy (non-hydrogen) atoms. The Hall–Kier alpha value is -1.22. The molecule has 0 saturated carbocycles. The third-order valence-corrected chi connectivity index (χ3v) is 3.24. The minimum atomic E-state index is 0.275. The van der Waals surface area contributed by atoms with E-state index in [2.05, 4.69) is 45.1 Å². The molecule has 0 aromatic heterocycles. The van der Waals surface area contributed by atoms with Crippen molar-refractivity contribution in [1.29, 1.82) is 0 Å². The van der Waals surface area contributed by atoms with Gasteiger partial charge >= 0.3 is 0 Å². The van der Waals surface area contributed by atoms with Gasteiger partial charge in [-0.05, 0) is 49.9 Å². The lowest BCUT2D eigenvalue weighted by Gasteiger charge is -2.27. The fourth-order valence-corrected chi connectivity index (χ4v) is 2.45. The van der Waals surface area contributed by atoms with Crippen molar-refractivity contribution >= 4 is 0 Å². The smallest absolute Gasteiger partial charge is 0.161 e. The first-order valence-corrected chi connectivity index (χ1v) is 8.04. The van der Waals surface area contributed by atoms with Crippen LogP contribution in [0.15, 0.2) is 18.2 Å². The van der Waals surface area contributed by atoms with Gasteiger partial charge in [0.15, 0.2) is 11.5 Å². The molecule has 0 aliphatic rings. The molecule has 3 heteroatoms. The molecule has 1 unspecified atom stereocenters. The van der Waals surface area contributed by atoms with Crippen molar-refractivity contribution in [3.8, 4) is 11.5 Å². The quantitative estimate of drug-likeness (QED) is 0.761. The predicted octanol–water partition coefficient (Wildman–Crippen LogP) is 4.57. The molecule has 0 spiro atoms. The standard InChI is InChI=1S/C18H31NO2/c1-7-19-15(13-18(4,5)6)14-10-11-16(20-8-2)17(12-14)21-9-3/h10-12,15,19H,7-9,13H2,1-6H3. The summed E-state index contributed by atoms with van der Waals surface area (Å²) in [5.41, 5.74) is 1.54. The van der Waals surface area contributed by atoms with Crippen molar-refractivity contribution in [2.45, 2.75) is 54.0 Å². The first kappa shape index (κ1) is 17.8. The maximum atomic E-state index is 5.74. The van der Waals surface area contributed by atoms with Crippen LogP contribution in [0, 0.1) is 5.41 Å². The molecule has 0 radical (unpaired) electrons. The Labute approximate surface area is 130 Å². The van der Waals surface area contributed by atoms with Gasteiger partial charge in [0.1, 0.15) is 0 Å². The van der Waals surface area contributed by atoms with E-state index < -0.39 is 0 Å². The zero-order valence-corrected chi connectivity index (χ0v) is 14.5. The topological polar surface area (TPSA) is 30.5 Å². The second kappa shape index (κ2) is 8.28. The van der Waals surface area contributed by atoms with E-state index in [1.165, 1.54) is 5.56 Å². The first-order valence-electron chi connectivity index (χ1n) is 8.04. The molecule has 0 saturated heterocycles. The van der Waals surface area contributed by atoms with E-state index in [1.54, 1.807) is 0 Å². The van der Waals surface area contributed by atoms with Crippen LogP contribution in [-0.4, -0.2) is 19.8 Å². The van der Waals surface area contributed by atoms with Gasteiger partial charge in [0.05, 0.1) is 13.2 Å². The molecule has 0 fully saturated rings. The van der Waals surface area contributed by atoms with Gasteiger partial charge in [-0.2, -0.15) is 0 Å². The predicted molar refractivity (Wildman–Crippen MR) is 89.3 cm³/mol. The SMILES string of the molecule is CCNC(CC(C)(C)C)c1ccc(OCC)c(OCC)c1. The van der Waals surface area contributed by atoms with Gasteiger partial charge in [0.2, 0.25) is 0 Å². The lowest BCUT2D eigenvalue weighted by Crippen LogP contribution is -2.25. The van der Waals surface area contributed by atoms with Gasteiger partial charge in [-0.1, -0.05) is 33.8 Å². The molecule has 1 rings (SSSR count). The third-order valence-electron chi connectivity index (χ3n) is 3.24. The van der Waals surface area contributed by atoms with Gasteiger partial charge < -0.3 is 14.8 Å². The summed E-state index contributed by atoms with van der Waals surface area (Å²) in [5.74, 6) is 1.67. The highest BCUT2D eigenvalue weighted by molar-refractivity contribution is 5.44. The van der Waals surface area contributed by atoms with Crippen LogP contribution in [0.2, 0.25) is 0 Å². The van der Waals surface area contributed by atoms with Crippen LogP contribution in [-0.2, 0) is 0 Å². The first-order chi connectivity index (χ1) is 9.91. The van der Waals surface area contributed by atoms with Crippen molar-refractivity contribution in [3.63, 3.8) is 0 Å². The lowest BCUT2D eigenvalue weighted by molar-refractivity contribution is 0.285. The van der Waals surface area contributed by atoms with Crippen molar-refractivity contribution < 1.29 is 9.47 Å². The molecule has 120 valence electrons. The van der Waals surface area contributed by atoms with Gasteiger partial charge in [0, 0.05) is 6.04 Å². The number of rotatable bonds is 8. The Morgan fingerprint density at radius 3 is 2.14 bits per heavy atom. The van der Waals surface area contributed by atoms with Gasteiger partial charge in [-0.25, -0.2) is 0 Å². The van der Waals surface area contributed by atoms with Crippen LogP contribution >= 0.6 is 0 Å². The maximum absolute atomic E-state index is 5.74. The zero-order valence-electron chi connectivity index (χ0n) is 14.5. The molecule has 1 N–H and O–H groups in total. The van der Waals surface area contributed by atoms with Gasteiger partial charge in [0.25, 0.3) is 0 Å². The summed E-state index contributed by atoms with van der Waals surface area (Å²) in [6, 6.07) is 6.63. The van der Waals surface area contributed by atoms with Crippen LogP contribution in [0.25, 0.3) is 0 Å². The van der Waals surface area contributed by atoms with Crippen molar-refractivity contribution in [2.75, 3.05) is 19.8 Å². The maximum Gasteiger partial charge on any atom is 0.161 e. The van der Waals surface area contributed by atoms with E-state index in [0.717, 1.165) is 24.5 Å². The Kier molecular flexibility index (Phi) is 7.03. The summed E-state index contributed by atoms with van der Waals surface area (Å²) in [5, 5.41) is 3.58. The molecule has 1 aromatic carbocycles. The van der Waals surface area contributed by atoms with Crippen LogP contribution < -0.4 is 14.8 Å². The molecule has 0 aliphatic carbocycles. The van der Waals surface area contributed by atoms with Gasteiger partial charge in [-0.3, -0.25) is 0 Å². The summed E-state index contributed by atoms with van der Waals surface area (Å²) in [4.78, 5) is 0. The lowest BCUT2D eigenvalue weighted by atomic mass is 9.85. The molecule has 0 amide bonds. The molecule has 0 aliphatic heterocycles. The summed E-state index contributed by atoms with van der Waals surface area (Å²) in [7, 11) is 0. The number of benzene rings is 1. The monoisotopic (exact) mass is 293 g/mol. The fourth-order valence-electron chi connectivity index (χ4n) is 2.45. The molecular weight excluding hydrogens is 262 g/mol. The molecular formula is C18H31NO2. The largest absolute Gasteiger partial charge is 0.490 e. The molecule has 1 atom stereocenters. The summed E-state index contributed by atoms with van der Waals surface area (Å²) in [6.07, 6.45) is 1.08. The second-order valence-corrected chi connectivity index (χ2v) is 6.45. The van der Waals surface area contributed by atoms with E-state index in [9.17, 15) is 0 Å². The van der Waals surface area contributed by atoms with Crippen molar-refractivity contribution in [2.24, 2.45) is 5.41 Å². The zero-order chi connectivity index (χ0) is 15.9. The van der Waals surface area contributed by atoms with E-state index in [1.807, 2.05) is 19.9 Å². The normalized spacial score (nSPS) is 13.0. The average molecular weight is 293 g/mol. The fraction of sp³-hybridized carbons (Fsp3) is 0.667. The molecule has 1 aromatic rings. The highest BCUT2D eigenvalue weighted by atomic mass is 16.5. The Morgan fingerprint density at radius 1 is 1.00 bits per heavy atom. The van der Waals surface area contributed by atoms with E-state index in [-0.39, 0.29) is 5.41 Å². The minimum absolute atomic E-state index is 0.275. The van der Waals surface area contributed by atoms with Crippen LogP contribution in [0.3, 0.4) is 0 Å². The second-order valence-electron chi connectivity index (χ2n) is 6.45. The highest BCUT2D eigenvalue weighted by Crippen LogP contribution is 2.35. The number of hydrogen-bond donors (Lipinski definition) is 1. The Bertz CT molecular complexity index is 424. The van der Waals surface area contributed by atoms with Crippen LogP contribution in [0.4, 0.5) is 0 Å². The van der Waals surface area contributed by atoms with Gasteiger partial charge in [-0.15, -0.1) is 0 Å². The molecule has 3 nitrogen and oxygen atoms in total. The molecule has 0 bridgehead atoms. The van der Waals surface area contributed by atoms with Crippen LogP contribution in [0.1, 0.15) is 59.6 Å². The van der Waals surface area contributed by atoms with E-state index >= 15 is 0 Å². The Morgan fingerprint density at radius 2 is 1.62 bits per heavy atom. The Balaban J connectivity index is 3.04. The summed E-state index contributed by atoms with van der Waals surface area (Å²) < 4.78 is 11.4. The molecule has 0 heterocycles. The van der Waals surface area contributed by atoms with E-state index in [0.29, 0.717) is 19.3 Å². The summed E-state index contributed by atoms with van der Waals surface area (Å²) >= 11 is 0. The minimum Gasteiger partial charge on any atom is -0.490 e. The van der Waals surface area contributed by atoms with E-state index in [4.69, 9.17) is 9.47 Å². The highest BCUT2D eigenvalue weighted by Gasteiger charge is 2.20.